The van der Waals surface area contributed by atoms with E-state index in [9.17, 15) is 5.11 Å². The molecule has 0 spiro atoms. The van der Waals surface area contributed by atoms with Crippen LogP contribution in [0.3, 0.4) is 0 Å². The molecule has 0 unspecified atom stereocenters. The Balaban J connectivity index is 2.55. The van der Waals surface area contributed by atoms with Gasteiger partial charge in [0.2, 0.25) is 0 Å². The van der Waals surface area contributed by atoms with Crippen molar-refractivity contribution in [1.29, 1.82) is 0 Å². The third-order valence-electron chi connectivity index (χ3n) is 2.24. The van der Waals surface area contributed by atoms with Crippen molar-refractivity contribution < 1.29 is 5.11 Å². The predicted octanol–water partition coefficient (Wildman–Crippen LogP) is 2.10. The molecule has 0 radical (unpaired) electrons. The fourth-order valence-corrected chi connectivity index (χ4v) is 1.48. The SMILES string of the molecule is Cc1ccc(O)cc1-c1cnn(C)c1. The summed E-state index contributed by atoms with van der Waals surface area (Å²) in [4.78, 5) is 0. The molecule has 72 valence electrons. The van der Waals surface area contributed by atoms with Crippen molar-refractivity contribution in [3.63, 3.8) is 0 Å². The number of aromatic hydroxyl groups is 1. The highest BCUT2D eigenvalue weighted by Crippen LogP contribution is 2.26. The van der Waals surface area contributed by atoms with E-state index in [-0.39, 0.29) is 5.75 Å². The third-order valence-corrected chi connectivity index (χ3v) is 2.24. The number of benzene rings is 1. The van der Waals surface area contributed by atoms with Gasteiger partial charge in [0.15, 0.2) is 0 Å². The summed E-state index contributed by atoms with van der Waals surface area (Å²) in [5, 5.41) is 13.5. The average molecular weight is 188 g/mol. The van der Waals surface area contributed by atoms with Crippen LogP contribution in [-0.2, 0) is 7.05 Å². The Morgan fingerprint density at radius 1 is 1.36 bits per heavy atom. The van der Waals surface area contributed by atoms with Crippen LogP contribution in [-0.4, -0.2) is 14.9 Å². The molecule has 2 rings (SSSR count). The summed E-state index contributed by atoms with van der Waals surface area (Å²) in [5.74, 6) is 0.287. The molecule has 0 atom stereocenters. The molecule has 1 N–H and O–H groups in total. The standard InChI is InChI=1S/C11H12N2O/c1-8-3-4-10(14)5-11(8)9-6-12-13(2)7-9/h3-7,14H,1-2H3. The van der Waals surface area contributed by atoms with E-state index in [1.54, 1.807) is 23.0 Å². The second-order valence-corrected chi connectivity index (χ2v) is 3.40. The molecule has 0 aliphatic rings. The maximum Gasteiger partial charge on any atom is 0.116 e. The number of rotatable bonds is 1. The van der Waals surface area contributed by atoms with Crippen molar-refractivity contribution in [2.45, 2.75) is 6.92 Å². The van der Waals surface area contributed by atoms with Gasteiger partial charge in [-0.1, -0.05) is 6.07 Å². The Morgan fingerprint density at radius 3 is 2.79 bits per heavy atom. The van der Waals surface area contributed by atoms with E-state index < -0.39 is 0 Å². The Hall–Kier alpha value is -1.77. The summed E-state index contributed by atoms with van der Waals surface area (Å²) in [6.45, 7) is 2.02. The van der Waals surface area contributed by atoms with Gasteiger partial charge in [-0.25, -0.2) is 0 Å². The third kappa shape index (κ3) is 1.48. The highest BCUT2D eigenvalue weighted by molar-refractivity contribution is 5.67. The molecule has 0 amide bonds. The minimum absolute atomic E-state index is 0.287. The minimum atomic E-state index is 0.287. The summed E-state index contributed by atoms with van der Waals surface area (Å²) >= 11 is 0. The maximum atomic E-state index is 9.38. The van der Waals surface area contributed by atoms with E-state index in [4.69, 9.17) is 0 Å². The molecule has 0 saturated heterocycles. The number of phenolic OH excluding ortho intramolecular Hbond substituents is 1. The van der Waals surface area contributed by atoms with Crippen LogP contribution in [0.5, 0.6) is 5.75 Å². The zero-order valence-corrected chi connectivity index (χ0v) is 8.23. The largest absolute Gasteiger partial charge is 0.508 e. The lowest BCUT2D eigenvalue weighted by molar-refractivity contribution is 0.475. The summed E-state index contributed by atoms with van der Waals surface area (Å²) in [5.41, 5.74) is 3.19. The van der Waals surface area contributed by atoms with E-state index in [0.29, 0.717) is 0 Å². The first kappa shape index (κ1) is 8.81. The van der Waals surface area contributed by atoms with E-state index in [1.165, 1.54) is 0 Å². The Labute approximate surface area is 82.6 Å². The summed E-state index contributed by atoms with van der Waals surface area (Å²) in [6, 6.07) is 5.35. The van der Waals surface area contributed by atoms with Crippen molar-refractivity contribution in [2.75, 3.05) is 0 Å². The lowest BCUT2D eigenvalue weighted by Crippen LogP contribution is -1.84. The van der Waals surface area contributed by atoms with Gasteiger partial charge in [0, 0.05) is 18.8 Å². The molecule has 0 bridgehead atoms. The fraction of sp³-hybridized carbons (Fsp3) is 0.182. The molecule has 0 aliphatic carbocycles. The quantitative estimate of drug-likeness (QED) is 0.744. The van der Waals surface area contributed by atoms with Crippen molar-refractivity contribution >= 4 is 0 Å². The van der Waals surface area contributed by atoms with E-state index >= 15 is 0 Å². The normalized spacial score (nSPS) is 10.4. The molecule has 0 saturated carbocycles. The lowest BCUT2D eigenvalue weighted by Gasteiger charge is -2.02. The fourth-order valence-electron chi connectivity index (χ4n) is 1.48. The van der Waals surface area contributed by atoms with Gasteiger partial charge < -0.3 is 5.11 Å². The van der Waals surface area contributed by atoms with Gasteiger partial charge in [-0.05, 0) is 30.2 Å². The number of nitrogens with zero attached hydrogens (tertiary/aromatic N) is 2. The van der Waals surface area contributed by atoms with E-state index in [2.05, 4.69) is 5.10 Å². The Morgan fingerprint density at radius 2 is 2.14 bits per heavy atom. The Bertz CT molecular complexity index is 460. The van der Waals surface area contributed by atoms with Crippen LogP contribution in [0.25, 0.3) is 11.1 Å². The van der Waals surface area contributed by atoms with Crippen LogP contribution in [0.15, 0.2) is 30.6 Å². The molecule has 1 aromatic heterocycles. The van der Waals surface area contributed by atoms with Gasteiger partial charge in [-0.2, -0.15) is 5.10 Å². The lowest BCUT2D eigenvalue weighted by atomic mass is 10.0. The van der Waals surface area contributed by atoms with Crippen LogP contribution < -0.4 is 0 Å². The molecule has 0 aliphatic heterocycles. The van der Waals surface area contributed by atoms with Crippen molar-refractivity contribution in [1.82, 2.24) is 9.78 Å². The zero-order chi connectivity index (χ0) is 10.1. The van der Waals surface area contributed by atoms with E-state index in [1.807, 2.05) is 26.2 Å². The smallest absolute Gasteiger partial charge is 0.116 e. The predicted molar refractivity (Wildman–Crippen MR) is 55.0 cm³/mol. The van der Waals surface area contributed by atoms with Crippen LogP contribution >= 0.6 is 0 Å². The summed E-state index contributed by atoms with van der Waals surface area (Å²) < 4.78 is 1.75. The number of aryl methyl sites for hydroxylation is 2. The molecule has 3 heteroatoms. The molecule has 2 aromatic rings. The zero-order valence-electron chi connectivity index (χ0n) is 8.23. The molecular weight excluding hydrogens is 176 g/mol. The van der Waals surface area contributed by atoms with Crippen LogP contribution in [0.2, 0.25) is 0 Å². The second-order valence-electron chi connectivity index (χ2n) is 3.40. The number of hydrogen-bond acceptors (Lipinski definition) is 2. The van der Waals surface area contributed by atoms with Crippen molar-refractivity contribution in [2.24, 2.45) is 7.05 Å². The van der Waals surface area contributed by atoms with Gasteiger partial charge in [-0.15, -0.1) is 0 Å². The van der Waals surface area contributed by atoms with Crippen LogP contribution in [0.4, 0.5) is 0 Å². The van der Waals surface area contributed by atoms with Gasteiger partial charge >= 0.3 is 0 Å². The first-order chi connectivity index (χ1) is 6.66. The molecule has 1 aromatic carbocycles. The van der Waals surface area contributed by atoms with Crippen molar-refractivity contribution in [3.05, 3.63) is 36.2 Å². The first-order valence-corrected chi connectivity index (χ1v) is 4.45. The van der Waals surface area contributed by atoms with Gasteiger partial charge in [0.1, 0.15) is 5.75 Å². The first-order valence-electron chi connectivity index (χ1n) is 4.45. The van der Waals surface area contributed by atoms with Crippen molar-refractivity contribution in [3.8, 4) is 16.9 Å². The molecule has 14 heavy (non-hydrogen) atoms. The Kier molecular flexibility index (Phi) is 2.00. The van der Waals surface area contributed by atoms with Gasteiger partial charge in [0.05, 0.1) is 6.20 Å². The summed E-state index contributed by atoms with van der Waals surface area (Å²) in [7, 11) is 1.88. The highest BCUT2D eigenvalue weighted by atomic mass is 16.3. The van der Waals surface area contributed by atoms with Gasteiger partial charge in [0.25, 0.3) is 0 Å². The van der Waals surface area contributed by atoms with Crippen LogP contribution in [0, 0.1) is 6.92 Å². The maximum absolute atomic E-state index is 9.38. The van der Waals surface area contributed by atoms with E-state index in [0.717, 1.165) is 16.7 Å². The molecule has 1 heterocycles. The topological polar surface area (TPSA) is 38.1 Å². The van der Waals surface area contributed by atoms with Gasteiger partial charge in [-0.3, -0.25) is 4.68 Å². The number of phenols is 1. The summed E-state index contributed by atoms with van der Waals surface area (Å²) in [6.07, 6.45) is 3.73. The number of aromatic nitrogens is 2. The highest BCUT2D eigenvalue weighted by Gasteiger charge is 2.04. The molecule has 0 fully saturated rings. The minimum Gasteiger partial charge on any atom is -0.508 e. The van der Waals surface area contributed by atoms with Crippen LogP contribution in [0.1, 0.15) is 5.56 Å². The average Bonchev–Trinajstić information content (AvgIpc) is 2.56. The molecular formula is C11H12N2O. The monoisotopic (exact) mass is 188 g/mol. The number of hydrogen-bond donors (Lipinski definition) is 1. The second kappa shape index (κ2) is 3.18. The molecule has 3 nitrogen and oxygen atoms in total.